The van der Waals surface area contributed by atoms with Crippen molar-refractivity contribution in [3.8, 4) is 44.5 Å². The molecule has 2 saturated carbocycles. The van der Waals surface area contributed by atoms with Gasteiger partial charge in [0.25, 0.3) is 0 Å². The Balaban J connectivity index is 0.0000000995. The van der Waals surface area contributed by atoms with Gasteiger partial charge in [0.15, 0.2) is 0 Å². The monoisotopic (exact) mass is 770 g/mol. The summed E-state index contributed by atoms with van der Waals surface area (Å²) in [6.45, 7) is 0. The summed E-state index contributed by atoms with van der Waals surface area (Å²) >= 11 is 0. The molecule has 8 aromatic carbocycles. The molecule has 0 unspecified atom stereocenters. The van der Waals surface area contributed by atoms with Crippen LogP contribution in [0.2, 0.25) is 0 Å². The fourth-order valence-electron chi connectivity index (χ4n) is 13.1. The van der Waals surface area contributed by atoms with Gasteiger partial charge in [-0.05, 0) is 115 Å². The largest absolute Gasteiger partial charge is 0.0725 e. The van der Waals surface area contributed by atoms with Crippen LogP contribution < -0.4 is 0 Å². The zero-order chi connectivity index (χ0) is 39.7. The molecular weight excluding hydrogens is 721 g/mol. The quantitative estimate of drug-likeness (QED) is 0.144. The number of fused-ring (bicyclic) bond motifs is 20. The van der Waals surface area contributed by atoms with Crippen molar-refractivity contribution in [1.29, 1.82) is 0 Å². The average Bonchev–Trinajstić information content (AvgIpc) is 4.13. The van der Waals surface area contributed by atoms with Gasteiger partial charge in [-0.1, -0.05) is 226 Å². The zero-order valence-electron chi connectivity index (χ0n) is 34.3. The fourth-order valence-corrected chi connectivity index (χ4v) is 13.1. The highest BCUT2D eigenvalue weighted by Gasteiger charge is 2.51. The van der Waals surface area contributed by atoms with Crippen molar-refractivity contribution in [1.82, 2.24) is 0 Å². The number of hydrogen-bond acceptors (Lipinski definition) is 0. The highest BCUT2D eigenvalue weighted by atomic mass is 14.5. The van der Waals surface area contributed by atoms with E-state index in [1.165, 1.54) is 125 Å². The lowest BCUT2D eigenvalue weighted by Crippen LogP contribution is -2.27. The Labute approximate surface area is 355 Å². The third-order valence-corrected chi connectivity index (χ3v) is 15.4. The van der Waals surface area contributed by atoms with Crippen molar-refractivity contribution < 1.29 is 0 Å². The van der Waals surface area contributed by atoms with E-state index in [1.54, 1.807) is 22.3 Å². The first kappa shape index (κ1) is 35.7. The zero-order valence-corrected chi connectivity index (χ0v) is 34.3. The van der Waals surface area contributed by atoms with E-state index in [2.05, 4.69) is 194 Å². The van der Waals surface area contributed by atoms with Crippen molar-refractivity contribution in [3.05, 3.63) is 239 Å². The molecule has 0 heteroatoms. The average molecular weight is 771 g/mol. The Morgan fingerprint density at radius 3 is 0.633 bits per heavy atom. The summed E-state index contributed by atoms with van der Waals surface area (Å²) in [6, 6.07) is 71.8. The Kier molecular flexibility index (Phi) is 8.28. The molecule has 290 valence electrons. The van der Waals surface area contributed by atoms with E-state index >= 15 is 0 Å². The second-order valence-corrected chi connectivity index (χ2v) is 18.0. The minimum Gasteiger partial charge on any atom is -0.0619 e. The lowest BCUT2D eigenvalue weighted by molar-refractivity contribution is 0.353. The maximum atomic E-state index is 2.36. The van der Waals surface area contributed by atoms with Crippen molar-refractivity contribution in [3.63, 3.8) is 0 Å². The minimum atomic E-state index is -0.180. The van der Waals surface area contributed by atoms with Crippen LogP contribution in [0.1, 0.15) is 102 Å². The van der Waals surface area contributed by atoms with E-state index in [-0.39, 0.29) is 5.41 Å². The molecule has 6 aliphatic carbocycles. The van der Waals surface area contributed by atoms with Gasteiger partial charge in [-0.15, -0.1) is 0 Å². The molecule has 0 aliphatic heterocycles. The predicted octanol–water partition coefficient (Wildman–Crippen LogP) is 15.5. The van der Waals surface area contributed by atoms with Gasteiger partial charge in [0, 0.05) is 10.8 Å². The van der Waals surface area contributed by atoms with E-state index in [9.17, 15) is 0 Å². The molecule has 0 amide bonds. The lowest BCUT2D eigenvalue weighted by atomic mass is 9.68. The molecule has 0 N–H and O–H groups in total. The van der Waals surface area contributed by atoms with Crippen LogP contribution in [-0.2, 0) is 16.2 Å². The second kappa shape index (κ2) is 13.9. The molecule has 0 atom stereocenters. The maximum Gasteiger partial charge on any atom is 0.0725 e. The smallest absolute Gasteiger partial charge is 0.0619 e. The number of rotatable bonds is 0. The van der Waals surface area contributed by atoms with Gasteiger partial charge in [0.05, 0.1) is 5.41 Å². The predicted molar refractivity (Wildman–Crippen MR) is 250 cm³/mol. The van der Waals surface area contributed by atoms with E-state index in [0.29, 0.717) is 10.8 Å². The Hall–Kier alpha value is -6.24. The molecule has 8 aromatic rings. The van der Waals surface area contributed by atoms with Crippen LogP contribution in [0, 0.1) is 0 Å². The fraction of sp³-hybridized carbons (Fsp3) is 0.200. The number of benzene rings is 8. The van der Waals surface area contributed by atoms with Crippen molar-refractivity contribution in [2.45, 2.75) is 74.0 Å². The SMILES string of the molecule is c1ccc2c(c1)-c1ccccc1C21CCCC1.c1ccc2c(c1)-c1ccccc1C21CCCCC1.c1ccc2c(c1)-c1ccccc1C21c2ccccc2-c2ccccc21. The van der Waals surface area contributed by atoms with Crippen LogP contribution in [0.5, 0.6) is 0 Å². The van der Waals surface area contributed by atoms with Gasteiger partial charge in [-0.25, -0.2) is 0 Å². The summed E-state index contributed by atoms with van der Waals surface area (Å²) in [5.41, 5.74) is 23.9. The van der Waals surface area contributed by atoms with Gasteiger partial charge < -0.3 is 0 Å². The van der Waals surface area contributed by atoms with Gasteiger partial charge >= 0.3 is 0 Å². The summed E-state index contributed by atoms with van der Waals surface area (Å²) < 4.78 is 0. The second-order valence-electron chi connectivity index (χ2n) is 18.0. The third-order valence-electron chi connectivity index (χ3n) is 15.4. The summed E-state index contributed by atoms with van der Waals surface area (Å²) in [4.78, 5) is 0. The molecule has 14 rings (SSSR count). The van der Waals surface area contributed by atoms with Gasteiger partial charge in [-0.2, -0.15) is 0 Å². The van der Waals surface area contributed by atoms with E-state index < -0.39 is 0 Å². The molecule has 60 heavy (non-hydrogen) atoms. The van der Waals surface area contributed by atoms with E-state index in [4.69, 9.17) is 0 Å². The van der Waals surface area contributed by atoms with Gasteiger partial charge in [-0.3, -0.25) is 0 Å². The summed E-state index contributed by atoms with van der Waals surface area (Å²) in [7, 11) is 0. The topological polar surface area (TPSA) is 0 Å². The van der Waals surface area contributed by atoms with Crippen molar-refractivity contribution >= 4 is 0 Å². The Morgan fingerprint density at radius 1 is 0.200 bits per heavy atom. The Bertz CT molecular complexity index is 2650. The maximum absolute atomic E-state index is 2.36. The van der Waals surface area contributed by atoms with Gasteiger partial charge in [0.1, 0.15) is 0 Å². The first-order valence-corrected chi connectivity index (χ1v) is 22.5. The number of hydrogen-bond donors (Lipinski definition) is 0. The molecule has 0 saturated heterocycles. The standard InChI is InChI=1S/C25H16.C18H18.C17H16/c1-5-13-21-17(9-1)18-10-2-6-14-22(18)25(21)23-15-7-3-11-19(23)20-12-4-8-16-24(20)25;1-6-12-18(13-7-1)16-10-4-2-8-14(16)15-9-3-5-11-17(15)18;1-3-9-15-13(7-1)14-8-2-4-10-16(14)17(15)11-5-6-12-17/h1-16H;2-5,8-11H,1,6-7,12-13H2;1-4,7-10H,5-6,11-12H2. The van der Waals surface area contributed by atoms with Crippen molar-refractivity contribution in [2.75, 3.05) is 0 Å². The normalized spacial score (nSPS) is 17.5. The summed E-state index contributed by atoms with van der Waals surface area (Å²) in [5.74, 6) is 0. The van der Waals surface area contributed by atoms with Crippen LogP contribution in [-0.4, -0.2) is 0 Å². The molecule has 6 aliphatic rings. The van der Waals surface area contributed by atoms with Crippen LogP contribution in [0.25, 0.3) is 44.5 Å². The van der Waals surface area contributed by atoms with Crippen LogP contribution in [0.15, 0.2) is 194 Å². The molecular formula is C60H50. The minimum absolute atomic E-state index is 0.180. The van der Waals surface area contributed by atoms with Gasteiger partial charge in [0.2, 0.25) is 0 Å². The molecule has 0 heterocycles. The van der Waals surface area contributed by atoms with E-state index in [1.807, 2.05) is 0 Å². The first-order chi connectivity index (χ1) is 29.8. The highest BCUT2D eigenvalue weighted by molar-refractivity contribution is 5.95. The molecule has 3 spiro atoms. The summed E-state index contributed by atoms with van der Waals surface area (Å²) in [6.07, 6.45) is 12.3. The molecule has 2 fully saturated rings. The highest BCUT2D eigenvalue weighted by Crippen LogP contribution is 2.63. The van der Waals surface area contributed by atoms with Crippen LogP contribution in [0.3, 0.4) is 0 Å². The molecule has 0 aromatic heterocycles. The van der Waals surface area contributed by atoms with E-state index in [0.717, 1.165) is 0 Å². The first-order valence-electron chi connectivity index (χ1n) is 22.5. The van der Waals surface area contributed by atoms with Crippen LogP contribution in [0.4, 0.5) is 0 Å². The summed E-state index contributed by atoms with van der Waals surface area (Å²) in [5, 5.41) is 0. The molecule has 0 radical (unpaired) electrons. The third kappa shape index (κ3) is 4.91. The lowest BCUT2D eigenvalue weighted by Gasteiger charge is -2.35. The Morgan fingerprint density at radius 2 is 0.383 bits per heavy atom. The van der Waals surface area contributed by atoms with Crippen molar-refractivity contribution in [2.24, 2.45) is 0 Å². The van der Waals surface area contributed by atoms with Crippen LogP contribution >= 0.6 is 0 Å². The molecule has 0 nitrogen and oxygen atoms in total. The molecule has 0 bridgehead atoms.